The third-order valence-corrected chi connectivity index (χ3v) is 5.38. The molecule has 0 fully saturated rings. The van der Waals surface area contributed by atoms with Gasteiger partial charge in [0.1, 0.15) is 11.0 Å². The summed E-state index contributed by atoms with van der Waals surface area (Å²) in [5, 5.41) is 9.28. The molecule has 0 atom stereocenters. The van der Waals surface area contributed by atoms with Crippen LogP contribution in [0.1, 0.15) is 22.3 Å². The number of hydrogen-bond acceptors (Lipinski definition) is 3. The van der Waals surface area contributed by atoms with Crippen molar-refractivity contribution in [1.82, 2.24) is 0 Å². The SMILES string of the molecule is Cc1cc(C)cc(/C=C(\C#N)S(=O)(=O)Cc2ccc(Br)cc2)c1. The highest BCUT2D eigenvalue weighted by atomic mass is 79.9. The van der Waals surface area contributed by atoms with E-state index >= 15 is 0 Å². The Bertz CT molecular complexity index is 871. The van der Waals surface area contributed by atoms with Gasteiger partial charge in [-0.3, -0.25) is 0 Å². The van der Waals surface area contributed by atoms with Gasteiger partial charge in [-0.05, 0) is 43.2 Å². The van der Waals surface area contributed by atoms with Crippen LogP contribution >= 0.6 is 15.9 Å². The quantitative estimate of drug-likeness (QED) is 0.720. The molecule has 0 radical (unpaired) electrons. The van der Waals surface area contributed by atoms with Crippen LogP contribution in [0.2, 0.25) is 0 Å². The normalized spacial score (nSPS) is 12.0. The van der Waals surface area contributed by atoms with E-state index in [9.17, 15) is 13.7 Å². The number of sulfone groups is 1. The molecule has 3 nitrogen and oxygen atoms in total. The van der Waals surface area contributed by atoms with Crippen molar-refractivity contribution in [2.75, 3.05) is 0 Å². The Kier molecular flexibility index (Phi) is 5.40. The fourth-order valence-corrected chi connectivity index (χ4v) is 3.82. The molecule has 23 heavy (non-hydrogen) atoms. The standard InChI is InChI=1S/C18H16BrNO2S/c1-13-7-14(2)9-16(8-13)10-18(11-20)23(21,22)12-15-3-5-17(19)6-4-15/h3-10H,12H2,1-2H3/b18-10+. The van der Waals surface area contributed by atoms with Gasteiger partial charge in [0, 0.05) is 4.47 Å². The molecule has 0 heterocycles. The molecule has 0 unspecified atom stereocenters. The molecule has 0 aromatic heterocycles. The summed E-state index contributed by atoms with van der Waals surface area (Å²) >= 11 is 3.31. The topological polar surface area (TPSA) is 57.9 Å². The number of nitrogens with zero attached hydrogens (tertiary/aromatic N) is 1. The molecule has 0 spiro atoms. The summed E-state index contributed by atoms with van der Waals surface area (Å²) < 4.78 is 25.9. The van der Waals surface area contributed by atoms with Crippen LogP contribution in [0, 0.1) is 25.2 Å². The van der Waals surface area contributed by atoms with E-state index in [1.807, 2.05) is 38.1 Å². The predicted octanol–water partition coefficient (Wildman–Crippen LogP) is 4.55. The first-order chi connectivity index (χ1) is 10.8. The fourth-order valence-electron chi connectivity index (χ4n) is 2.31. The smallest absolute Gasteiger partial charge is 0.192 e. The molecule has 2 rings (SSSR count). The van der Waals surface area contributed by atoms with Crippen molar-refractivity contribution in [3.05, 3.63) is 74.1 Å². The molecule has 0 saturated carbocycles. The van der Waals surface area contributed by atoms with Gasteiger partial charge in [-0.15, -0.1) is 0 Å². The predicted molar refractivity (Wildman–Crippen MR) is 96.3 cm³/mol. The number of hydrogen-bond donors (Lipinski definition) is 0. The molecule has 2 aromatic carbocycles. The van der Waals surface area contributed by atoms with Crippen molar-refractivity contribution in [2.45, 2.75) is 19.6 Å². The summed E-state index contributed by atoms with van der Waals surface area (Å²) in [7, 11) is -3.68. The van der Waals surface area contributed by atoms with Gasteiger partial charge in [-0.2, -0.15) is 5.26 Å². The van der Waals surface area contributed by atoms with Crippen LogP contribution in [0.3, 0.4) is 0 Å². The van der Waals surface area contributed by atoms with Crippen LogP contribution in [-0.2, 0) is 15.6 Å². The molecule has 5 heteroatoms. The van der Waals surface area contributed by atoms with Crippen molar-refractivity contribution in [3.8, 4) is 6.07 Å². The highest BCUT2D eigenvalue weighted by Gasteiger charge is 2.18. The van der Waals surface area contributed by atoms with Gasteiger partial charge in [0.05, 0.1) is 5.75 Å². The first-order valence-corrected chi connectivity index (χ1v) is 9.42. The van der Waals surface area contributed by atoms with E-state index in [-0.39, 0.29) is 10.7 Å². The van der Waals surface area contributed by atoms with Crippen LogP contribution in [-0.4, -0.2) is 8.42 Å². The van der Waals surface area contributed by atoms with E-state index in [4.69, 9.17) is 0 Å². The van der Waals surface area contributed by atoms with Gasteiger partial charge in [0.2, 0.25) is 0 Å². The number of rotatable bonds is 4. The number of halogens is 1. The monoisotopic (exact) mass is 389 g/mol. The average Bonchev–Trinajstić information content (AvgIpc) is 2.46. The Morgan fingerprint density at radius 3 is 2.22 bits per heavy atom. The van der Waals surface area contributed by atoms with E-state index in [1.165, 1.54) is 6.08 Å². The molecule has 118 valence electrons. The fraction of sp³-hybridized carbons (Fsp3) is 0.167. The number of benzene rings is 2. The van der Waals surface area contributed by atoms with E-state index < -0.39 is 9.84 Å². The van der Waals surface area contributed by atoms with Crippen LogP contribution in [0.4, 0.5) is 0 Å². The second kappa shape index (κ2) is 7.12. The molecule has 0 aliphatic heterocycles. The second-order valence-electron chi connectivity index (χ2n) is 5.43. The molecular weight excluding hydrogens is 374 g/mol. The minimum Gasteiger partial charge on any atom is -0.223 e. The lowest BCUT2D eigenvalue weighted by Crippen LogP contribution is -2.06. The first kappa shape index (κ1) is 17.5. The van der Waals surface area contributed by atoms with Crippen LogP contribution in [0.25, 0.3) is 6.08 Å². The van der Waals surface area contributed by atoms with Gasteiger partial charge in [-0.1, -0.05) is 57.4 Å². The summed E-state index contributed by atoms with van der Waals surface area (Å²) in [6.07, 6.45) is 1.44. The summed E-state index contributed by atoms with van der Waals surface area (Å²) in [5.41, 5.74) is 3.42. The van der Waals surface area contributed by atoms with Gasteiger partial charge in [0.25, 0.3) is 0 Å². The Hall–Kier alpha value is -1.90. The molecule has 0 N–H and O–H groups in total. The largest absolute Gasteiger partial charge is 0.223 e. The zero-order valence-electron chi connectivity index (χ0n) is 12.9. The Labute approximate surface area is 145 Å². The van der Waals surface area contributed by atoms with Crippen molar-refractivity contribution in [1.29, 1.82) is 5.26 Å². The lowest BCUT2D eigenvalue weighted by Gasteiger charge is -2.05. The van der Waals surface area contributed by atoms with Crippen molar-refractivity contribution in [3.63, 3.8) is 0 Å². The molecule has 0 bridgehead atoms. The van der Waals surface area contributed by atoms with Crippen LogP contribution < -0.4 is 0 Å². The molecular formula is C18H16BrNO2S. The summed E-state index contributed by atoms with van der Waals surface area (Å²) in [6.45, 7) is 3.87. The molecule has 0 saturated heterocycles. The maximum atomic E-state index is 12.5. The Morgan fingerprint density at radius 2 is 1.70 bits per heavy atom. The second-order valence-corrected chi connectivity index (χ2v) is 8.30. The minimum atomic E-state index is -3.68. The maximum Gasteiger partial charge on any atom is 0.192 e. The zero-order chi connectivity index (χ0) is 17.0. The van der Waals surface area contributed by atoms with Crippen molar-refractivity contribution in [2.24, 2.45) is 0 Å². The third-order valence-electron chi connectivity index (χ3n) is 3.26. The highest BCUT2D eigenvalue weighted by molar-refractivity contribution is 9.10. The lowest BCUT2D eigenvalue weighted by molar-refractivity contribution is 0.602. The summed E-state index contributed by atoms with van der Waals surface area (Å²) in [6, 6.07) is 14.6. The number of nitriles is 1. The number of aryl methyl sites for hydroxylation is 2. The van der Waals surface area contributed by atoms with Gasteiger partial charge < -0.3 is 0 Å². The third kappa shape index (κ3) is 4.78. The highest BCUT2D eigenvalue weighted by Crippen LogP contribution is 2.20. The van der Waals surface area contributed by atoms with Gasteiger partial charge in [0.15, 0.2) is 9.84 Å². The van der Waals surface area contributed by atoms with Crippen molar-refractivity contribution >= 4 is 31.8 Å². The average molecular weight is 390 g/mol. The van der Waals surface area contributed by atoms with Crippen molar-refractivity contribution < 1.29 is 8.42 Å². The zero-order valence-corrected chi connectivity index (χ0v) is 15.3. The van der Waals surface area contributed by atoms with E-state index in [0.717, 1.165) is 21.2 Å². The van der Waals surface area contributed by atoms with E-state index in [2.05, 4.69) is 15.9 Å². The lowest BCUT2D eigenvalue weighted by atomic mass is 10.1. The van der Waals surface area contributed by atoms with Gasteiger partial charge in [-0.25, -0.2) is 8.42 Å². The van der Waals surface area contributed by atoms with Crippen LogP contribution in [0.5, 0.6) is 0 Å². The Balaban J connectivity index is 2.36. The molecule has 0 amide bonds. The molecule has 0 aliphatic rings. The summed E-state index contributed by atoms with van der Waals surface area (Å²) in [5.74, 6) is -0.190. The number of allylic oxidation sites excluding steroid dienone is 1. The summed E-state index contributed by atoms with van der Waals surface area (Å²) in [4.78, 5) is -0.217. The maximum absolute atomic E-state index is 12.5. The van der Waals surface area contributed by atoms with Gasteiger partial charge >= 0.3 is 0 Å². The van der Waals surface area contributed by atoms with E-state index in [0.29, 0.717) is 5.56 Å². The van der Waals surface area contributed by atoms with Crippen LogP contribution in [0.15, 0.2) is 51.8 Å². The minimum absolute atomic E-state index is 0.190. The van der Waals surface area contributed by atoms with E-state index in [1.54, 1.807) is 24.3 Å². The Morgan fingerprint density at radius 1 is 1.13 bits per heavy atom. The molecule has 2 aromatic rings. The molecule has 0 aliphatic carbocycles. The first-order valence-electron chi connectivity index (χ1n) is 6.97.